The van der Waals surface area contributed by atoms with Crippen molar-refractivity contribution in [2.75, 3.05) is 11.0 Å². The van der Waals surface area contributed by atoms with Gasteiger partial charge in [-0.25, -0.2) is 31.0 Å². The molecule has 2 aliphatic rings. The molecule has 0 bridgehead atoms. The minimum atomic E-state index is -3.80. The molecule has 19 heteroatoms. The van der Waals surface area contributed by atoms with Gasteiger partial charge >= 0.3 is 0 Å². The molecule has 1 saturated carbocycles. The van der Waals surface area contributed by atoms with Crippen molar-refractivity contribution >= 4 is 43.6 Å². The van der Waals surface area contributed by atoms with Crippen molar-refractivity contribution in [1.29, 1.82) is 0 Å². The Morgan fingerprint density at radius 1 is 1.02 bits per heavy atom. The van der Waals surface area contributed by atoms with E-state index < -0.39 is 87.7 Å². The van der Waals surface area contributed by atoms with Crippen LogP contribution in [0.2, 0.25) is 0 Å². The lowest BCUT2D eigenvalue weighted by Crippen LogP contribution is -2.38. The average molecular weight is 771 g/mol. The third-order valence-electron chi connectivity index (χ3n) is 9.64. The first-order chi connectivity index (χ1) is 25.5. The summed E-state index contributed by atoms with van der Waals surface area (Å²) in [4.78, 5) is 33.0. The van der Waals surface area contributed by atoms with Crippen LogP contribution < -0.4 is 15.6 Å². The maximum atomic E-state index is 15.3. The predicted octanol–water partition coefficient (Wildman–Crippen LogP) is 5.37. The Labute approximate surface area is 301 Å². The van der Waals surface area contributed by atoms with Crippen LogP contribution in [-0.2, 0) is 40.8 Å². The number of aromatic nitrogens is 6. The van der Waals surface area contributed by atoms with Gasteiger partial charge in [0.1, 0.15) is 35.4 Å². The number of hydrogen-bond acceptors (Lipinski definition) is 7. The van der Waals surface area contributed by atoms with Crippen LogP contribution in [0.4, 0.5) is 32.2 Å². The highest BCUT2D eigenvalue weighted by Gasteiger charge is 2.67. The van der Waals surface area contributed by atoms with Crippen LogP contribution in [0.25, 0.3) is 27.5 Å². The van der Waals surface area contributed by atoms with Crippen molar-refractivity contribution in [3.05, 3.63) is 111 Å². The summed E-state index contributed by atoms with van der Waals surface area (Å²) < 4.78 is 117. The lowest BCUT2D eigenvalue weighted by molar-refractivity contribution is -0.123. The van der Waals surface area contributed by atoms with Crippen molar-refractivity contribution in [3.63, 3.8) is 0 Å². The lowest BCUT2D eigenvalue weighted by Gasteiger charge is -2.24. The number of aryl methyl sites for hydroxylation is 1. The molecule has 3 aromatic carbocycles. The number of halogens is 6. The molecule has 1 unspecified atom stereocenters. The first-order valence-corrected chi connectivity index (χ1v) is 18.4. The predicted molar refractivity (Wildman–Crippen MR) is 183 cm³/mol. The van der Waals surface area contributed by atoms with Gasteiger partial charge in [0.2, 0.25) is 15.9 Å². The second-order valence-corrected chi connectivity index (χ2v) is 15.2. The number of alkyl halides is 4. The summed E-state index contributed by atoms with van der Waals surface area (Å²) in [5, 5.41) is 11.1. The number of amides is 1. The molecule has 3 heterocycles. The van der Waals surface area contributed by atoms with E-state index in [-0.39, 0.29) is 56.7 Å². The minimum Gasteiger partial charge on any atom is -0.344 e. The normalized spacial score (nSPS) is 17.9. The maximum absolute atomic E-state index is 15.3. The number of rotatable bonds is 10. The lowest BCUT2D eigenvalue weighted by atomic mass is 10.0. The molecule has 3 aromatic heterocycles. The minimum absolute atomic E-state index is 0.0109. The molecule has 12 nitrogen and oxygen atoms in total. The highest BCUT2D eigenvalue weighted by molar-refractivity contribution is 7.92. The third-order valence-corrected chi connectivity index (χ3v) is 10.2. The van der Waals surface area contributed by atoms with E-state index in [1.165, 1.54) is 36.0 Å². The molecule has 0 aliphatic heterocycles. The van der Waals surface area contributed by atoms with E-state index in [0.29, 0.717) is 10.7 Å². The summed E-state index contributed by atoms with van der Waals surface area (Å²) in [6, 6.07) is 12.0. The Balaban J connectivity index is 1.29. The van der Waals surface area contributed by atoms with Gasteiger partial charge < -0.3 is 5.32 Å². The quantitative estimate of drug-likeness (QED) is 0.178. The zero-order chi connectivity index (χ0) is 38.4. The molecule has 6 aromatic rings. The zero-order valence-corrected chi connectivity index (χ0v) is 29.0. The SMILES string of the molecule is Cn1nc(NS(C)(=O)=O)c2cccc(-n3c(C(Cc4cc(F)cc(F)c4)NC(=O)Cn4nc(C(F)F)c5c4C(F)(F)[C@@H]4C[C@H]54)nc4ccccc4c3=O)c21. The number of nitrogens with one attached hydrogen (secondary N) is 2. The second-order valence-electron chi connectivity index (χ2n) is 13.4. The summed E-state index contributed by atoms with van der Waals surface area (Å²) in [6.07, 6.45) is -2.61. The molecular weight excluding hydrogens is 742 g/mol. The molecule has 54 heavy (non-hydrogen) atoms. The maximum Gasteiger partial charge on any atom is 0.293 e. The van der Waals surface area contributed by atoms with Gasteiger partial charge in [-0.15, -0.1) is 0 Å². The average Bonchev–Trinajstić information content (AvgIpc) is 3.63. The van der Waals surface area contributed by atoms with Gasteiger partial charge in [0.15, 0.2) is 5.82 Å². The standard InChI is InChI=1S/C35H28F6N8O4S/c1-47-29-20(32(45-47)46-54(2,52)53)7-5-9-25(29)49-33(43-23-8-4-3-6-19(23)34(49)51)24(12-16-10-17(36)13-18(37)11-16)42-26(50)15-48-30-27(28(44-48)31(38)39)21-14-22(21)35(30,40)41/h3-11,13,21-22,24,31H,12,14-15H2,1-2H3,(H,42,50)(H,45,46)/t21-,22+,24?/m0/s1. The van der Waals surface area contributed by atoms with Gasteiger partial charge in [0.05, 0.1) is 34.4 Å². The molecule has 280 valence electrons. The number of anilines is 1. The molecule has 2 N–H and O–H groups in total. The third kappa shape index (κ3) is 5.95. The van der Waals surface area contributed by atoms with Crippen molar-refractivity contribution < 1.29 is 39.6 Å². The second kappa shape index (κ2) is 12.4. The van der Waals surface area contributed by atoms with Crippen LogP contribution in [0.15, 0.2) is 65.5 Å². The first kappa shape index (κ1) is 35.3. The van der Waals surface area contributed by atoms with E-state index in [0.717, 1.165) is 23.0 Å². The van der Waals surface area contributed by atoms with Gasteiger partial charge in [-0.1, -0.05) is 18.2 Å². The summed E-state index contributed by atoms with van der Waals surface area (Å²) in [7, 11) is -2.30. The number of benzene rings is 3. The Hall–Kier alpha value is -5.72. The first-order valence-electron chi connectivity index (χ1n) is 16.5. The van der Waals surface area contributed by atoms with Crippen LogP contribution in [0.3, 0.4) is 0 Å². The monoisotopic (exact) mass is 770 g/mol. The Kier molecular flexibility index (Phi) is 8.13. The Morgan fingerprint density at radius 2 is 1.72 bits per heavy atom. The number of nitrogens with zero attached hydrogens (tertiary/aromatic N) is 6. The molecule has 2 aliphatic carbocycles. The molecule has 3 atom stereocenters. The van der Waals surface area contributed by atoms with Gasteiger partial charge in [-0.2, -0.15) is 19.0 Å². The molecule has 0 saturated heterocycles. The van der Waals surface area contributed by atoms with Gasteiger partial charge in [-0.3, -0.25) is 28.2 Å². The fraction of sp³-hybridized carbons (Fsp3) is 0.286. The van der Waals surface area contributed by atoms with E-state index in [2.05, 4.69) is 20.2 Å². The summed E-state index contributed by atoms with van der Waals surface area (Å²) in [5.74, 6) is -8.61. The van der Waals surface area contributed by atoms with Crippen molar-refractivity contribution in [2.24, 2.45) is 13.0 Å². The Bertz CT molecular complexity index is 2690. The highest BCUT2D eigenvalue weighted by atomic mass is 32.2. The fourth-order valence-electron chi connectivity index (χ4n) is 7.49. The van der Waals surface area contributed by atoms with E-state index in [1.54, 1.807) is 18.2 Å². The van der Waals surface area contributed by atoms with Crippen molar-refractivity contribution in [3.8, 4) is 5.69 Å². The zero-order valence-electron chi connectivity index (χ0n) is 28.2. The van der Waals surface area contributed by atoms with E-state index >= 15 is 8.78 Å². The molecule has 0 spiro atoms. The van der Waals surface area contributed by atoms with Gasteiger partial charge in [0.25, 0.3) is 17.9 Å². The number of para-hydroxylation sites is 2. The van der Waals surface area contributed by atoms with Crippen LogP contribution >= 0.6 is 0 Å². The molecular formula is C35H28F6N8O4S. The fourth-order valence-corrected chi connectivity index (χ4v) is 7.99. The van der Waals surface area contributed by atoms with Crippen LogP contribution in [0.1, 0.15) is 53.1 Å². The molecule has 0 radical (unpaired) electrons. The topological polar surface area (TPSA) is 146 Å². The number of hydrogen-bond donors (Lipinski definition) is 2. The van der Waals surface area contributed by atoms with Gasteiger partial charge in [-0.05, 0) is 54.3 Å². The van der Waals surface area contributed by atoms with E-state index in [1.807, 2.05) is 0 Å². The summed E-state index contributed by atoms with van der Waals surface area (Å²) >= 11 is 0. The van der Waals surface area contributed by atoms with Crippen molar-refractivity contribution in [1.82, 2.24) is 34.4 Å². The van der Waals surface area contributed by atoms with Crippen LogP contribution in [0.5, 0.6) is 0 Å². The molecule has 1 amide bonds. The number of carbonyl (C=O) groups excluding carboxylic acids is 1. The Morgan fingerprint density at radius 3 is 2.43 bits per heavy atom. The number of fused-ring (bicyclic) bond motifs is 5. The number of sulfonamides is 1. The summed E-state index contributed by atoms with van der Waals surface area (Å²) in [5.41, 5.74) is -1.96. The van der Waals surface area contributed by atoms with E-state index in [4.69, 9.17) is 4.98 Å². The van der Waals surface area contributed by atoms with E-state index in [9.17, 15) is 35.6 Å². The van der Waals surface area contributed by atoms with Crippen molar-refractivity contribution in [2.45, 2.75) is 43.7 Å². The van der Waals surface area contributed by atoms with Crippen LogP contribution in [-0.4, -0.2) is 49.7 Å². The number of carbonyl (C=O) groups is 1. The highest BCUT2D eigenvalue weighted by Crippen LogP contribution is 2.68. The van der Waals surface area contributed by atoms with Crippen LogP contribution in [0, 0.1) is 17.6 Å². The van der Waals surface area contributed by atoms with Gasteiger partial charge in [0, 0.05) is 36.4 Å². The summed E-state index contributed by atoms with van der Waals surface area (Å²) in [6.45, 7) is -0.937. The smallest absolute Gasteiger partial charge is 0.293 e. The molecule has 8 rings (SSSR count). The molecule has 1 fully saturated rings. The largest absolute Gasteiger partial charge is 0.344 e.